The Morgan fingerprint density at radius 3 is 2.57 bits per heavy atom. The molecule has 5 heteroatoms. The highest BCUT2D eigenvalue weighted by Gasteiger charge is 2.08. The maximum Gasteiger partial charge on any atom is 0.243 e. The van der Waals surface area contributed by atoms with Crippen molar-refractivity contribution in [2.45, 2.75) is 13.8 Å². The number of carbonyl (C=O) groups is 1. The molecule has 0 atom stereocenters. The highest BCUT2D eigenvalue weighted by atomic mass is 35.5. The molecule has 21 heavy (non-hydrogen) atoms. The van der Waals surface area contributed by atoms with Crippen LogP contribution < -0.4 is 10.6 Å². The van der Waals surface area contributed by atoms with Gasteiger partial charge in [0.2, 0.25) is 5.91 Å². The van der Waals surface area contributed by atoms with Gasteiger partial charge in [-0.25, -0.2) is 0 Å². The van der Waals surface area contributed by atoms with Gasteiger partial charge in [-0.15, -0.1) is 0 Å². The van der Waals surface area contributed by atoms with Gasteiger partial charge in [-0.1, -0.05) is 41.4 Å². The van der Waals surface area contributed by atoms with Crippen LogP contribution in [0.1, 0.15) is 11.1 Å². The molecule has 3 nitrogen and oxygen atoms in total. The van der Waals surface area contributed by atoms with Crippen LogP contribution >= 0.6 is 23.2 Å². The molecule has 0 spiro atoms. The molecule has 2 N–H and O–H groups in total. The minimum atomic E-state index is -0.153. The molecule has 0 aliphatic rings. The van der Waals surface area contributed by atoms with Gasteiger partial charge in [-0.05, 0) is 43.2 Å². The van der Waals surface area contributed by atoms with Gasteiger partial charge in [0.05, 0.1) is 17.3 Å². The third-order valence-corrected chi connectivity index (χ3v) is 3.67. The average molecular weight is 323 g/mol. The topological polar surface area (TPSA) is 41.1 Å². The summed E-state index contributed by atoms with van der Waals surface area (Å²) < 4.78 is 0. The Labute approximate surface area is 134 Å². The zero-order valence-electron chi connectivity index (χ0n) is 11.8. The van der Waals surface area contributed by atoms with Crippen LogP contribution in [0.5, 0.6) is 0 Å². The number of anilines is 2. The van der Waals surface area contributed by atoms with E-state index in [2.05, 4.69) is 10.6 Å². The second-order valence-electron chi connectivity index (χ2n) is 4.79. The van der Waals surface area contributed by atoms with E-state index in [9.17, 15) is 4.79 Å². The van der Waals surface area contributed by atoms with Crippen LogP contribution in [0.3, 0.4) is 0 Å². The smallest absolute Gasteiger partial charge is 0.243 e. The summed E-state index contributed by atoms with van der Waals surface area (Å²) >= 11 is 12.0. The predicted molar refractivity (Wildman–Crippen MR) is 89.5 cm³/mol. The van der Waals surface area contributed by atoms with E-state index in [-0.39, 0.29) is 12.5 Å². The first kappa shape index (κ1) is 15.7. The van der Waals surface area contributed by atoms with E-state index >= 15 is 0 Å². The SMILES string of the molecule is Cc1ccc(Cl)cc1NC(=O)CNc1c(C)cccc1Cl. The van der Waals surface area contributed by atoms with Gasteiger partial charge in [0.15, 0.2) is 0 Å². The first-order valence-corrected chi connectivity index (χ1v) is 7.28. The van der Waals surface area contributed by atoms with Crippen molar-refractivity contribution < 1.29 is 4.79 Å². The van der Waals surface area contributed by atoms with E-state index in [1.165, 1.54) is 0 Å². The number of hydrogen-bond donors (Lipinski definition) is 2. The molecule has 0 aromatic heterocycles. The lowest BCUT2D eigenvalue weighted by Gasteiger charge is -2.12. The van der Waals surface area contributed by atoms with E-state index in [0.717, 1.165) is 16.8 Å². The maximum atomic E-state index is 12.0. The molecular formula is C16H16Cl2N2O. The summed E-state index contributed by atoms with van der Waals surface area (Å²) in [6.07, 6.45) is 0. The van der Waals surface area contributed by atoms with Gasteiger partial charge in [0, 0.05) is 10.7 Å². The molecule has 110 valence electrons. The molecule has 2 rings (SSSR count). The van der Waals surface area contributed by atoms with E-state index in [4.69, 9.17) is 23.2 Å². The minimum absolute atomic E-state index is 0.135. The summed E-state index contributed by atoms with van der Waals surface area (Å²) in [4.78, 5) is 12.0. The Balaban J connectivity index is 2.01. The second kappa shape index (κ2) is 6.83. The van der Waals surface area contributed by atoms with Crippen LogP contribution in [0.2, 0.25) is 10.0 Å². The summed E-state index contributed by atoms with van der Waals surface area (Å²) in [5.74, 6) is -0.153. The fourth-order valence-corrected chi connectivity index (χ4v) is 2.41. The van der Waals surface area contributed by atoms with Gasteiger partial charge in [0.1, 0.15) is 0 Å². The molecule has 0 aliphatic carbocycles. The Morgan fingerprint density at radius 2 is 1.86 bits per heavy atom. The molecule has 2 aromatic carbocycles. The van der Waals surface area contributed by atoms with Crippen molar-refractivity contribution in [3.8, 4) is 0 Å². The van der Waals surface area contributed by atoms with Crippen LogP contribution in [0, 0.1) is 13.8 Å². The third-order valence-electron chi connectivity index (χ3n) is 3.12. The van der Waals surface area contributed by atoms with Gasteiger partial charge in [-0.3, -0.25) is 4.79 Å². The standard InChI is InChI=1S/C16H16Cl2N2O/c1-10-6-7-12(17)8-14(10)20-15(21)9-19-16-11(2)4-3-5-13(16)18/h3-8,19H,9H2,1-2H3,(H,20,21). The zero-order chi connectivity index (χ0) is 15.4. The molecule has 2 aromatic rings. The number of rotatable bonds is 4. The second-order valence-corrected chi connectivity index (χ2v) is 5.64. The Kier molecular flexibility index (Phi) is 5.10. The number of hydrogen-bond acceptors (Lipinski definition) is 2. The first-order valence-electron chi connectivity index (χ1n) is 6.52. The largest absolute Gasteiger partial charge is 0.375 e. The van der Waals surface area contributed by atoms with Gasteiger partial charge in [0.25, 0.3) is 0 Å². The van der Waals surface area contributed by atoms with Crippen molar-refractivity contribution in [2.24, 2.45) is 0 Å². The lowest BCUT2D eigenvalue weighted by molar-refractivity contribution is -0.114. The zero-order valence-corrected chi connectivity index (χ0v) is 13.3. The fraction of sp³-hybridized carbons (Fsp3) is 0.188. The molecular weight excluding hydrogens is 307 g/mol. The third kappa shape index (κ3) is 4.13. The number of halogens is 2. The highest BCUT2D eigenvalue weighted by molar-refractivity contribution is 6.33. The van der Waals surface area contributed by atoms with Crippen molar-refractivity contribution in [3.05, 3.63) is 57.6 Å². The summed E-state index contributed by atoms with van der Waals surface area (Å²) in [5.41, 5.74) is 3.44. The van der Waals surface area contributed by atoms with Crippen LogP contribution in [-0.4, -0.2) is 12.5 Å². The maximum absolute atomic E-state index is 12.0. The van der Waals surface area contributed by atoms with Crippen molar-refractivity contribution in [3.63, 3.8) is 0 Å². The van der Waals surface area contributed by atoms with Crippen molar-refractivity contribution >= 4 is 40.5 Å². The van der Waals surface area contributed by atoms with E-state index in [0.29, 0.717) is 15.7 Å². The summed E-state index contributed by atoms with van der Waals surface area (Å²) in [6.45, 7) is 3.99. The minimum Gasteiger partial charge on any atom is -0.375 e. The monoisotopic (exact) mass is 322 g/mol. The normalized spacial score (nSPS) is 10.3. The lowest BCUT2D eigenvalue weighted by atomic mass is 10.2. The molecule has 0 saturated carbocycles. The number of para-hydroxylation sites is 1. The number of nitrogens with one attached hydrogen (secondary N) is 2. The number of benzene rings is 2. The van der Waals surface area contributed by atoms with Gasteiger partial charge >= 0.3 is 0 Å². The molecule has 0 radical (unpaired) electrons. The molecule has 0 saturated heterocycles. The number of aryl methyl sites for hydroxylation is 2. The van der Waals surface area contributed by atoms with Crippen LogP contribution in [0.4, 0.5) is 11.4 Å². The van der Waals surface area contributed by atoms with Crippen molar-refractivity contribution in [1.29, 1.82) is 0 Å². The van der Waals surface area contributed by atoms with Crippen molar-refractivity contribution in [1.82, 2.24) is 0 Å². The van der Waals surface area contributed by atoms with Crippen LogP contribution in [-0.2, 0) is 4.79 Å². The number of carbonyl (C=O) groups excluding carboxylic acids is 1. The Bertz CT molecular complexity index is 651. The first-order chi connectivity index (χ1) is 9.97. The average Bonchev–Trinajstić information content (AvgIpc) is 2.42. The van der Waals surface area contributed by atoms with Crippen LogP contribution in [0.25, 0.3) is 0 Å². The molecule has 0 aliphatic heterocycles. The van der Waals surface area contributed by atoms with E-state index < -0.39 is 0 Å². The summed E-state index contributed by atoms with van der Waals surface area (Å²) in [6, 6.07) is 11.0. The van der Waals surface area contributed by atoms with Gasteiger partial charge < -0.3 is 10.6 Å². The molecule has 1 amide bonds. The number of amides is 1. The van der Waals surface area contributed by atoms with Crippen molar-refractivity contribution in [2.75, 3.05) is 17.2 Å². The fourth-order valence-electron chi connectivity index (χ4n) is 1.95. The van der Waals surface area contributed by atoms with E-state index in [1.54, 1.807) is 18.2 Å². The molecule has 0 unspecified atom stereocenters. The van der Waals surface area contributed by atoms with Gasteiger partial charge in [-0.2, -0.15) is 0 Å². The quantitative estimate of drug-likeness (QED) is 0.859. The predicted octanol–water partition coefficient (Wildman–Crippen LogP) is 4.66. The summed E-state index contributed by atoms with van der Waals surface area (Å²) in [5, 5.41) is 7.08. The van der Waals surface area contributed by atoms with Crippen LogP contribution in [0.15, 0.2) is 36.4 Å². The lowest BCUT2D eigenvalue weighted by Crippen LogP contribution is -2.22. The Hall–Kier alpha value is -1.71. The highest BCUT2D eigenvalue weighted by Crippen LogP contribution is 2.25. The summed E-state index contributed by atoms with van der Waals surface area (Å²) in [7, 11) is 0. The molecule has 0 heterocycles. The molecule has 0 bridgehead atoms. The van der Waals surface area contributed by atoms with E-state index in [1.807, 2.05) is 32.0 Å². The Morgan fingerprint density at radius 1 is 1.10 bits per heavy atom. The molecule has 0 fully saturated rings.